The average molecular weight is 224 g/mol. The standard InChI is InChI=1S/C15H28O/c1-15(2,3)14(16)6-4-5-12-9-11-7-8-13(12)10-11/h11-14,16H,4-10H2,1-3H3. The van der Waals surface area contributed by atoms with Crippen LogP contribution >= 0.6 is 0 Å². The van der Waals surface area contributed by atoms with E-state index in [0.717, 1.165) is 24.2 Å². The van der Waals surface area contributed by atoms with Crippen LogP contribution in [0.2, 0.25) is 0 Å². The van der Waals surface area contributed by atoms with Gasteiger partial charge in [0, 0.05) is 0 Å². The molecule has 4 atom stereocenters. The predicted octanol–water partition coefficient (Wildman–Crippen LogP) is 4.00. The van der Waals surface area contributed by atoms with Gasteiger partial charge >= 0.3 is 0 Å². The summed E-state index contributed by atoms with van der Waals surface area (Å²) in [6.07, 6.45) is 9.50. The maximum atomic E-state index is 9.99. The normalized spacial score (nSPS) is 35.6. The van der Waals surface area contributed by atoms with Gasteiger partial charge in [-0.3, -0.25) is 0 Å². The molecule has 0 heterocycles. The third-order valence-electron chi connectivity index (χ3n) is 4.94. The molecule has 1 N–H and O–H groups in total. The molecular weight excluding hydrogens is 196 g/mol. The summed E-state index contributed by atoms with van der Waals surface area (Å²) >= 11 is 0. The Labute approximate surface area is 101 Å². The van der Waals surface area contributed by atoms with E-state index in [0.29, 0.717) is 0 Å². The van der Waals surface area contributed by atoms with E-state index in [1.54, 1.807) is 0 Å². The molecule has 0 aromatic carbocycles. The van der Waals surface area contributed by atoms with Gasteiger partial charge in [0.25, 0.3) is 0 Å². The SMILES string of the molecule is CC(C)(C)C(O)CCCC1CC2CCC1C2. The fraction of sp³-hybridized carbons (Fsp3) is 1.00. The lowest BCUT2D eigenvalue weighted by molar-refractivity contribution is 0.0517. The molecule has 2 saturated carbocycles. The number of aliphatic hydroxyl groups excluding tert-OH is 1. The van der Waals surface area contributed by atoms with Crippen molar-refractivity contribution in [2.45, 2.75) is 71.8 Å². The van der Waals surface area contributed by atoms with Gasteiger partial charge in [0.1, 0.15) is 0 Å². The topological polar surface area (TPSA) is 20.2 Å². The van der Waals surface area contributed by atoms with Crippen molar-refractivity contribution in [2.75, 3.05) is 0 Å². The molecule has 0 aliphatic heterocycles. The van der Waals surface area contributed by atoms with Crippen molar-refractivity contribution in [3.05, 3.63) is 0 Å². The molecule has 94 valence electrons. The maximum absolute atomic E-state index is 9.99. The van der Waals surface area contributed by atoms with E-state index in [1.807, 2.05) is 0 Å². The zero-order chi connectivity index (χ0) is 11.8. The Kier molecular flexibility index (Phi) is 3.63. The molecule has 2 fully saturated rings. The van der Waals surface area contributed by atoms with E-state index in [-0.39, 0.29) is 11.5 Å². The number of hydrogen-bond donors (Lipinski definition) is 1. The van der Waals surface area contributed by atoms with Crippen LogP contribution in [0.4, 0.5) is 0 Å². The molecule has 1 heteroatoms. The van der Waals surface area contributed by atoms with Crippen LogP contribution in [0.25, 0.3) is 0 Å². The first-order valence-electron chi connectivity index (χ1n) is 7.15. The summed E-state index contributed by atoms with van der Waals surface area (Å²) in [4.78, 5) is 0. The molecule has 2 aliphatic rings. The fourth-order valence-corrected chi connectivity index (χ4v) is 3.74. The highest BCUT2D eigenvalue weighted by Crippen LogP contribution is 2.50. The fourth-order valence-electron chi connectivity index (χ4n) is 3.74. The van der Waals surface area contributed by atoms with Crippen LogP contribution in [0.3, 0.4) is 0 Å². The Balaban J connectivity index is 1.65. The summed E-state index contributed by atoms with van der Waals surface area (Å²) in [7, 11) is 0. The zero-order valence-corrected chi connectivity index (χ0v) is 11.2. The molecule has 0 aromatic heterocycles. The summed E-state index contributed by atoms with van der Waals surface area (Å²) in [5, 5.41) is 9.99. The second-order valence-electron chi connectivity index (χ2n) is 7.25. The molecule has 2 bridgehead atoms. The van der Waals surface area contributed by atoms with E-state index in [9.17, 15) is 5.11 Å². The lowest BCUT2D eigenvalue weighted by Gasteiger charge is -2.27. The van der Waals surface area contributed by atoms with E-state index < -0.39 is 0 Å². The Morgan fingerprint density at radius 1 is 1.19 bits per heavy atom. The Hall–Kier alpha value is -0.0400. The third-order valence-corrected chi connectivity index (χ3v) is 4.94. The quantitative estimate of drug-likeness (QED) is 0.765. The van der Waals surface area contributed by atoms with Crippen LogP contribution in [0, 0.1) is 23.2 Å². The first kappa shape index (κ1) is 12.4. The van der Waals surface area contributed by atoms with Crippen molar-refractivity contribution in [1.82, 2.24) is 0 Å². The van der Waals surface area contributed by atoms with Crippen molar-refractivity contribution < 1.29 is 5.11 Å². The number of hydrogen-bond acceptors (Lipinski definition) is 1. The van der Waals surface area contributed by atoms with Gasteiger partial charge in [-0.15, -0.1) is 0 Å². The van der Waals surface area contributed by atoms with E-state index in [4.69, 9.17) is 0 Å². The average Bonchev–Trinajstić information content (AvgIpc) is 2.77. The van der Waals surface area contributed by atoms with Crippen molar-refractivity contribution in [1.29, 1.82) is 0 Å². The molecule has 0 radical (unpaired) electrons. The van der Waals surface area contributed by atoms with Gasteiger partial charge < -0.3 is 5.11 Å². The Morgan fingerprint density at radius 3 is 2.44 bits per heavy atom. The van der Waals surface area contributed by atoms with Gasteiger partial charge in [-0.25, -0.2) is 0 Å². The first-order valence-corrected chi connectivity index (χ1v) is 7.15. The van der Waals surface area contributed by atoms with Crippen molar-refractivity contribution in [2.24, 2.45) is 23.2 Å². The summed E-state index contributed by atoms with van der Waals surface area (Å²) in [5.74, 6) is 3.13. The number of rotatable bonds is 4. The van der Waals surface area contributed by atoms with Crippen LogP contribution in [0.1, 0.15) is 65.7 Å². The maximum Gasteiger partial charge on any atom is 0.0588 e. The number of aliphatic hydroxyl groups is 1. The molecule has 2 rings (SSSR count). The molecule has 0 saturated heterocycles. The van der Waals surface area contributed by atoms with E-state index in [1.165, 1.54) is 38.5 Å². The van der Waals surface area contributed by atoms with Crippen LogP contribution < -0.4 is 0 Å². The monoisotopic (exact) mass is 224 g/mol. The summed E-state index contributed by atoms with van der Waals surface area (Å²) < 4.78 is 0. The van der Waals surface area contributed by atoms with Crippen LogP contribution in [0.5, 0.6) is 0 Å². The molecule has 0 spiro atoms. The van der Waals surface area contributed by atoms with E-state index >= 15 is 0 Å². The molecular formula is C15H28O. The van der Waals surface area contributed by atoms with Gasteiger partial charge in [0.2, 0.25) is 0 Å². The van der Waals surface area contributed by atoms with Crippen molar-refractivity contribution in [3.8, 4) is 0 Å². The summed E-state index contributed by atoms with van der Waals surface area (Å²) in [5.41, 5.74) is 0.0642. The highest BCUT2D eigenvalue weighted by atomic mass is 16.3. The minimum absolute atomic E-state index is 0.0642. The molecule has 2 aliphatic carbocycles. The Bertz CT molecular complexity index is 228. The van der Waals surface area contributed by atoms with Gasteiger partial charge in [0.05, 0.1) is 6.10 Å². The summed E-state index contributed by atoms with van der Waals surface area (Å²) in [6.45, 7) is 6.40. The smallest absolute Gasteiger partial charge is 0.0588 e. The minimum Gasteiger partial charge on any atom is -0.393 e. The van der Waals surface area contributed by atoms with Crippen molar-refractivity contribution >= 4 is 0 Å². The van der Waals surface area contributed by atoms with Crippen LogP contribution in [-0.4, -0.2) is 11.2 Å². The zero-order valence-electron chi connectivity index (χ0n) is 11.2. The highest BCUT2D eigenvalue weighted by Gasteiger charge is 2.38. The Morgan fingerprint density at radius 2 is 1.94 bits per heavy atom. The third kappa shape index (κ3) is 2.80. The van der Waals surface area contributed by atoms with E-state index in [2.05, 4.69) is 20.8 Å². The first-order chi connectivity index (χ1) is 7.47. The number of fused-ring (bicyclic) bond motifs is 2. The van der Waals surface area contributed by atoms with Crippen LogP contribution in [0.15, 0.2) is 0 Å². The molecule has 4 unspecified atom stereocenters. The predicted molar refractivity (Wildman–Crippen MR) is 68.3 cm³/mol. The van der Waals surface area contributed by atoms with Gasteiger partial charge in [-0.2, -0.15) is 0 Å². The second-order valence-corrected chi connectivity index (χ2v) is 7.25. The largest absolute Gasteiger partial charge is 0.393 e. The minimum atomic E-state index is -0.119. The molecule has 0 aromatic rings. The molecule has 1 nitrogen and oxygen atoms in total. The molecule has 16 heavy (non-hydrogen) atoms. The van der Waals surface area contributed by atoms with Crippen molar-refractivity contribution in [3.63, 3.8) is 0 Å². The highest BCUT2D eigenvalue weighted by molar-refractivity contribution is 4.89. The lowest BCUT2D eigenvalue weighted by Crippen LogP contribution is -2.26. The van der Waals surface area contributed by atoms with Gasteiger partial charge in [-0.05, 0) is 48.9 Å². The molecule has 0 amide bonds. The van der Waals surface area contributed by atoms with Crippen LogP contribution in [-0.2, 0) is 0 Å². The lowest BCUT2D eigenvalue weighted by atomic mass is 9.82. The second kappa shape index (κ2) is 4.68. The van der Waals surface area contributed by atoms with Gasteiger partial charge in [0.15, 0.2) is 0 Å². The summed E-state index contributed by atoms with van der Waals surface area (Å²) in [6, 6.07) is 0. The van der Waals surface area contributed by atoms with Gasteiger partial charge in [-0.1, -0.05) is 40.0 Å².